The summed E-state index contributed by atoms with van der Waals surface area (Å²) in [5.74, 6) is -1.98. The van der Waals surface area contributed by atoms with Gasteiger partial charge >= 0.3 is 5.97 Å². The molecule has 0 aliphatic carbocycles. The monoisotopic (exact) mass is 274 g/mol. The number of aromatic nitrogens is 1. The maximum Gasteiger partial charge on any atom is 0.338 e. The van der Waals surface area contributed by atoms with Crippen molar-refractivity contribution >= 4 is 11.7 Å². The van der Waals surface area contributed by atoms with Crippen LogP contribution in [0.3, 0.4) is 0 Å². The summed E-state index contributed by atoms with van der Waals surface area (Å²) in [6.45, 7) is 0.670. The van der Waals surface area contributed by atoms with Crippen LogP contribution in [0.2, 0.25) is 0 Å². The van der Waals surface area contributed by atoms with Gasteiger partial charge < -0.3 is 10.0 Å². The van der Waals surface area contributed by atoms with Gasteiger partial charge in [0.2, 0.25) is 0 Å². The van der Waals surface area contributed by atoms with Crippen LogP contribution in [0.4, 0.5) is 10.1 Å². The standard InChI is InChI=1S/C15H15FN2O2/c1-18(9-7-11-4-2-3-8-17-11)12-5-6-13(15(19)20)14(16)10-12/h2-6,8,10H,7,9H2,1H3,(H,19,20). The Kier molecular flexibility index (Phi) is 4.30. The Labute approximate surface area is 116 Å². The van der Waals surface area contributed by atoms with E-state index in [2.05, 4.69) is 4.98 Å². The number of carbonyl (C=O) groups is 1. The van der Waals surface area contributed by atoms with Crippen LogP contribution in [0.5, 0.6) is 0 Å². The van der Waals surface area contributed by atoms with E-state index in [1.54, 1.807) is 12.3 Å². The molecule has 1 N–H and O–H groups in total. The highest BCUT2D eigenvalue weighted by Crippen LogP contribution is 2.18. The van der Waals surface area contributed by atoms with Crippen molar-refractivity contribution in [1.29, 1.82) is 0 Å². The first-order valence-corrected chi connectivity index (χ1v) is 6.22. The van der Waals surface area contributed by atoms with Gasteiger partial charge in [-0.1, -0.05) is 6.07 Å². The Morgan fingerprint density at radius 3 is 2.75 bits per heavy atom. The van der Waals surface area contributed by atoms with Crippen molar-refractivity contribution in [3.05, 3.63) is 59.7 Å². The van der Waals surface area contributed by atoms with Crippen LogP contribution in [0.25, 0.3) is 0 Å². The molecule has 0 aliphatic rings. The van der Waals surface area contributed by atoms with E-state index < -0.39 is 11.8 Å². The number of halogens is 1. The molecule has 2 rings (SSSR count). The largest absolute Gasteiger partial charge is 0.478 e. The van der Waals surface area contributed by atoms with Gasteiger partial charge in [0.25, 0.3) is 0 Å². The van der Waals surface area contributed by atoms with E-state index in [1.807, 2.05) is 30.1 Å². The topological polar surface area (TPSA) is 53.4 Å². The fraction of sp³-hybridized carbons (Fsp3) is 0.200. The maximum absolute atomic E-state index is 13.6. The van der Waals surface area contributed by atoms with Gasteiger partial charge in [0.1, 0.15) is 5.82 Å². The van der Waals surface area contributed by atoms with Crippen molar-refractivity contribution in [2.45, 2.75) is 6.42 Å². The van der Waals surface area contributed by atoms with E-state index in [1.165, 1.54) is 12.1 Å². The molecule has 0 radical (unpaired) electrons. The van der Waals surface area contributed by atoms with Crippen molar-refractivity contribution < 1.29 is 14.3 Å². The Morgan fingerprint density at radius 1 is 1.35 bits per heavy atom. The van der Waals surface area contributed by atoms with E-state index in [0.29, 0.717) is 12.2 Å². The van der Waals surface area contributed by atoms with E-state index in [9.17, 15) is 9.18 Å². The summed E-state index contributed by atoms with van der Waals surface area (Å²) >= 11 is 0. The van der Waals surface area contributed by atoms with Crippen LogP contribution < -0.4 is 4.90 Å². The van der Waals surface area contributed by atoms with Gasteiger partial charge in [-0.15, -0.1) is 0 Å². The summed E-state index contributed by atoms with van der Waals surface area (Å²) in [5, 5.41) is 8.79. The first-order chi connectivity index (χ1) is 9.58. The summed E-state index contributed by atoms with van der Waals surface area (Å²) in [7, 11) is 1.83. The van der Waals surface area contributed by atoms with Crippen molar-refractivity contribution in [1.82, 2.24) is 4.98 Å². The third-order valence-corrected chi connectivity index (χ3v) is 3.05. The third-order valence-electron chi connectivity index (χ3n) is 3.05. The fourth-order valence-corrected chi connectivity index (χ4v) is 1.87. The Bertz CT molecular complexity index is 602. The second-order valence-electron chi connectivity index (χ2n) is 4.46. The molecule has 0 saturated carbocycles. The number of aromatic carboxylic acids is 1. The lowest BCUT2D eigenvalue weighted by Crippen LogP contribution is -2.21. The van der Waals surface area contributed by atoms with Crippen molar-refractivity contribution in [3.63, 3.8) is 0 Å². The number of carboxylic acids is 1. The molecule has 0 amide bonds. The number of rotatable bonds is 5. The number of carboxylic acid groups (broad SMARTS) is 1. The normalized spacial score (nSPS) is 10.3. The van der Waals surface area contributed by atoms with Gasteiger partial charge in [-0.3, -0.25) is 4.98 Å². The zero-order chi connectivity index (χ0) is 14.5. The third kappa shape index (κ3) is 3.32. The molecular weight excluding hydrogens is 259 g/mol. The van der Waals surface area contributed by atoms with Gasteiger partial charge in [-0.05, 0) is 30.3 Å². The Hall–Kier alpha value is -2.43. The highest BCUT2D eigenvalue weighted by atomic mass is 19.1. The average Bonchev–Trinajstić information content (AvgIpc) is 2.45. The molecular formula is C15H15FN2O2. The number of benzene rings is 1. The maximum atomic E-state index is 13.6. The fourth-order valence-electron chi connectivity index (χ4n) is 1.87. The molecule has 20 heavy (non-hydrogen) atoms. The summed E-state index contributed by atoms with van der Waals surface area (Å²) in [6.07, 6.45) is 2.47. The molecule has 1 heterocycles. The molecule has 104 valence electrons. The zero-order valence-corrected chi connectivity index (χ0v) is 11.1. The second kappa shape index (κ2) is 6.14. The quantitative estimate of drug-likeness (QED) is 0.910. The molecule has 0 unspecified atom stereocenters. The number of pyridine rings is 1. The Balaban J connectivity index is 2.04. The molecule has 0 bridgehead atoms. The molecule has 0 spiro atoms. The van der Waals surface area contributed by atoms with Gasteiger partial charge in [0.05, 0.1) is 5.56 Å². The number of nitrogens with zero attached hydrogens (tertiary/aromatic N) is 2. The Morgan fingerprint density at radius 2 is 2.15 bits per heavy atom. The highest BCUT2D eigenvalue weighted by Gasteiger charge is 2.12. The van der Waals surface area contributed by atoms with E-state index >= 15 is 0 Å². The first-order valence-electron chi connectivity index (χ1n) is 6.22. The average molecular weight is 274 g/mol. The number of hydrogen-bond acceptors (Lipinski definition) is 3. The molecule has 4 nitrogen and oxygen atoms in total. The van der Waals surface area contributed by atoms with Gasteiger partial charge in [0, 0.05) is 37.6 Å². The molecule has 1 aromatic heterocycles. The van der Waals surface area contributed by atoms with Gasteiger partial charge in [-0.25, -0.2) is 9.18 Å². The number of hydrogen-bond donors (Lipinski definition) is 1. The van der Waals surface area contributed by atoms with E-state index in [4.69, 9.17) is 5.11 Å². The van der Waals surface area contributed by atoms with Gasteiger partial charge in [-0.2, -0.15) is 0 Å². The van der Waals surface area contributed by atoms with Gasteiger partial charge in [0.15, 0.2) is 0 Å². The molecule has 0 aliphatic heterocycles. The minimum atomic E-state index is -1.26. The molecule has 0 fully saturated rings. The highest BCUT2D eigenvalue weighted by molar-refractivity contribution is 5.88. The van der Waals surface area contributed by atoms with E-state index in [-0.39, 0.29) is 5.56 Å². The minimum absolute atomic E-state index is 0.313. The van der Waals surface area contributed by atoms with Crippen molar-refractivity contribution in [2.75, 3.05) is 18.5 Å². The summed E-state index contributed by atoms with van der Waals surface area (Å²) < 4.78 is 13.6. The van der Waals surface area contributed by atoms with Crippen molar-refractivity contribution in [3.8, 4) is 0 Å². The van der Waals surface area contributed by atoms with E-state index in [0.717, 1.165) is 12.1 Å². The molecule has 2 aromatic rings. The second-order valence-corrected chi connectivity index (χ2v) is 4.46. The number of likely N-dealkylation sites (N-methyl/N-ethyl adjacent to an activating group) is 1. The summed E-state index contributed by atoms with van der Waals surface area (Å²) in [5.41, 5.74) is 1.29. The molecule has 5 heteroatoms. The predicted molar refractivity (Wildman–Crippen MR) is 74.6 cm³/mol. The smallest absolute Gasteiger partial charge is 0.338 e. The zero-order valence-electron chi connectivity index (χ0n) is 11.1. The lowest BCUT2D eigenvalue weighted by Gasteiger charge is -2.19. The summed E-state index contributed by atoms with van der Waals surface area (Å²) in [4.78, 5) is 16.8. The van der Waals surface area contributed by atoms with Crippen LogP contribution in [0.1, 0.15) is 16.1 Å². The molecule has 1 aromatic carbocycles. The summed E-state index contributed by atoms with van der Waals surface area (Å²) in [6, 6.07) is 9.83. The first kappa shape index (κ1) is 14.0. The molecule has 0 saturated heterocycles. The lowest BCUT2D eigenvalue weighted by molar-refractivity contribution is 0.0692. The lowest BCUT2D eigenvalue weighted by atomic mass is 10.1. The van der Waals surface area contributed by atoms with Crippen LogP contribution in [-0.4, -0.2) is 29.7 Å². The van der Waals surface area contributed by atoms with Crippen LogP contribution >= 0.6 is 0 Å². The predicted octanol–water partition coefficient (Wildman–Crippen LogP) is 2.60. The van der Waals surface area contributed by atoms with Crippen LogP contribution in [-0.2, 0) is 6.42 Å². The minimum Gasteiger partial charge on any atom is -0.478 e. The van der Waals surface area contributed by atoms with Crippen molar-refractivity contribution in [2.24, 2.45) is 0 Å². The number of anilines is 1. The van der Waals surface area contributed by atoms with Crippen LogP contribution in [0.15, 0.2) is 42.6 Å². The SMILES string of the molecule is CN(CCc1ccccn1)c1ccc(C(=O)O)c(F)c1. The van der Waals surface area contributed by atoms with Crippen LogP contribution in [0, 0.1) is 5.82 Å². The molecule has 0 atom stereocenters.